The molecule has 1 aromatic rings. The number of hydrogen-bond donors (Lipinski definition) is 0. The van der Waals surface area contributed by atoms with E-state index in [1.54, 1.807) is 12.1 Å². The second-order valence-corrected chi connectivity index (χ2v) is 3.31. The van der Waals surface area contributed by atoms with Crippen molar-refractivity contribution >= 4 is 0 Å². The Morgan fingerprint density at radius 2 is 2.23 bits per heavy atom. The molecule has 1 fully saturated rings. The van der Waals surface area contributed by atoms with Gasteiger partial charge in [0.05, 0.1) is 17.7 Å². The van der Waals surface area contributed by atoms with E-state index in [1.807, 2.05) is 12.1 Å². The van der Waals surface area contributed by atoms with Crippen molar-refractivity contribution in [3.63, 3.8) is 0 Å². The van der Waals surface area contributed by atoms with Gasteiger partial charge in [-0.3, -0.25) is 0 Å². The van der Waals surface area contributed by atoms with Crippen molar-refractivity contribution in [2.45, 2.75) is 25.4 Å². The molecule has 0 amide bonds. The summed E-state index contributed by atoms with van der Waals surface area (Å²) >= 11 is 0. The van der Waals surface area contributed by atoms with E-state index in [0.29, 0.717) is 11.7 Å². The van der Waals surface area contributed by atoms with E-state index < -0.39 is 0 Å². The van der Waals surface area contributed by atoms with Crippen LogP contribution in [0.4, 0.5) is 0 Å². The van der Waals surface area contributed by atoms with Crippen molar-refractivity contribution in [1.82, 2.24) is 0 Å². The molecule has 2 rings (SSSR count). The van der Waals surface area contributed by atoms with E-state index in [1.165, 1.54) is 6.42 Å². The van der Waals surface area contributed by atoms with Gasteiger partial charge in [0, 0.05) is 0 Å². The van der Waals surface area contributed by atoms with Crippen LogP contribution in [0, 0.1) is 11.3 Å². The van der Waals surface area contributed by atoms with Crippen molar-refractivity contribution < 1.29 is 4.74 Å². The van der Waals surface area contributed by atoms with Crippen LogP contribution in [-0.2, 0) is 0 Å². The van der Waals surface area contributed by atoms with Gasteiger partial charge in [0.25, 0.3) is 0 Å². The maximum Gasteiger partial charge on any atom is 0.121 e. The second-order valence-electron chi connectivity index (χ2n) is 3.31. The fraction of sp³-hybridized carbons (Fsp3) is 0.364. The van der Waals surface area contributed by atoms with Gasteiger partial charge >= 0.3 is 0 Å². The minimum Gasteiger partial charge on any atom is -0.490 e. The van der Waals surface area contributed by atoms with E-state index >= 15 is 0 Å². The molecule has 0 atom stereocenters. The Morgan fingerprint density at radius 1 is 1.38 bits per heavy atom. The Kier molecular flexibility index (Phi) is 2.18. The summed E-state index contributed by atoms with van der Waals surface area (Å²) in [6, 6.07) is 9.43. The number of benzene rings is 1. The molecule has 0 aromatic heterocycles. The maximum atomic E-state index is 8.66. The molecular formula is C11H11NO. The Bertz CT molecular complexity index is 336. The van der Waals surface area contributed by atoms with Gasteiger partial charge in [-0.05, 0) is 37.5 Å². The van der Waals surface area contributed by atoms with Gasteiger partial charge in [0.2, 0.25) is 0 Å². The summed E-state index contributed by atoms with van der Waals surface area (Å²) in [5, 5.41) is 8.66. The van der Waals surface area contributed by atoms with Crippen molar-refractivity contribution in [2.75, 3.05) is 0 Å². The molecule has 1 aliphatic rings. The number of rotatable bonds is 2. The van der Waals surface area contributed by atoms with Crippen LogP contribution < -0.4 is 4.74 Å². The zero-order valence-electron chi connectivity index (χ0n) is 7.36. The van der Waals surface area contributed by atoms with E-state index in [9.17, 15) is 0 Å². The van der Waals surface area contributed by atoms with Crippen LogP contribution in [0.1, 0.15) is 24.8 Å². The monoisotopic (exact) mass is 173 g/mol. The molecule has 2 nitrogen and oxygen atoms in total. The molecule has 0 heterocycles. The Hall–Kier alpha value is -1.49. The predicted octanol–water partition coefficient (Wildman–Crippen LogP) is 2.49. The minimum absolute atomic E-state index is 0.383. The smallest absolute Gasteiger partial charge is 0.121 e. The Labute approximate surface area is 77.8 Å². The molecule has 0 N–H and O–H groups in total. The summed E-state index contributed by atoms with van der Waals surface area (Å²) in [4.78, 5) is 0. The molecular weight excluding hydrogens is 162 g/mol. The van der Waals surface area contributed by atoms with Crippen LogP contribution in [0.2, 0.25) is 0 Å². The molecule has 0 spiro atoms. The van der Waals surface area contributed by atoms with E-state index in [0.717, 1.165) is 18.6 Å². The lowest BCUT2D eigenvalue weighted by Crippen LogP contribution is -2.24. The Morgan fingerprint density at radius 3 is 2.85 bits per heavy atom. The average Bonchev–Trinajstić information content (AvgIpc) is 2.12. The first-order valence-electron chi connectivity index (χ1n) is 4.55. The highest BCUT2D eigenvalue weighted by Crippen LogP contribution is 2.25. The molecule has 1 aromatic carbocycles. The van der Waals surface area contributed by atoms with E-state index in [-0.39, 0.29) is 0 Å². The highest BCUT2D eigenvalue weighted by Gasteiger charge is 2.18. The topological polar surface area (TPSA) is 33.0 Å². The molecule has 66 valence electrons. The summed E-state index contributed by atoms with van der Waals surface area (Å²) in [7, 11) is 0. The zero-order chi connectivity index (χ0) is 9.10. The van der Waals surface area contributed by atoms with Crippen LogP contribution in [0.5, 0.6) is 5.75 Å². The normalized spacial score (nSPS) is 15.9. The lowest BCUT2D eigenvalue weighted by Gasteiger charge is -2.26. The number of ether oxygens (including phenoxy) is 1. The van der Waals surface area contributed by atoms with Crippen molar-refractivity contribution in [1.29, 1.82) is 5.26 Å². The first kappa shape index (κ1) is 8.12. The molecule has 0 unspecified atom stereocenters. The third-order valence-corrected chi connectivity index (χ3v) is 2.32. The van der Waals surface area contributed by atoms with Gasteiger partial charge in [-0.2, -0.15) is 5.26 Å². The standard InChI is InChI=1S/C11H11NO/c12-8-9-3-1-6-11(7-9)13-10-4-2-5-10/h1,3,6-7,10H,2,4-5H2. The molecule has 2 heteroatoms. The number of nitriles is 1. The number of hydrogen-bond acceptors (Lipinski definition) is 2. The second kappa shape index (κ2) is 3.49. The lowest BCUT2D eigenvalue weighted by molar-refractivity contribution is 0.120. The predicted molar refractivity (Wildman–Crippen MR) is 49.4 cm³/mol. The highest BCUT2D eigenvalue weighted by atomic mass is 16.5. The van der Waals surface area contributed by atoms with E-state index in [2.05, 4.69) is 6.07 Å². The van der Waals surface area contributed by atoms with Crippen LogP contribution in [-0.4, -0.2) is 6.10 Å². The van der Waals surface area contributed by atoms with Gasteiger partial charge in [-0.15, -0.1) is 0 Å². The van der Waals surface area contributed by atoms with Crippen LogP contribution in [0.3, 0.4) is 0 Å². The minimum atomic E-state index is 0.383. The molecule has 1 aliphatic carbocycles. The molecule has 0 saturated heterocycles. The number of nitrogens with zero attached hydrogens (tertiary/aromatic N) is 1. The largest absolute Gasteiger partial charge is 0.490 e. The van der Waals surface area contributed by atoms with Gasteiger partial charge in [-0.1, -0.05) is 6.07 Å². The fourth-order valence-corrected chi connectivity index (χ4v) is 1.32. The SMILES string of the molecule is N#Cc1cccc(OC2CCC2)c1. The highest BCUT2D eigenvalue weighted by molar-refractivity contribution is 5.36. The average molecular weight is 173 g/mol. The van der Waals surface area contributed by atoms with Gasteiger partial charge < -0.3 is 4.74 Å². The van der Waals surface area contributed by atoms with E-state index in [4.69, 9.17) is 10.00 Å². The zero-order valence-corrected chi connectivity index (χ0v) is 7.36. The first-order chi connectivity index (χ1) is 6.38. The summed E-state index contributed by atoms with van der Waals surface area (Å²) in [5.74, 6) is 0.823. The first-order valence-corrected chi connectivity index (χ1v) is 4.55. The summed E-state index contributed by atoms with van der Waals surface area (Å²) in [6.45, 7) is 0. The maximum absolute atomic E-state index is 8.66. The summed E-state index contributed by atoms with van der Waals surface area (Å²) in [5.41, 5.74) is 0.664. The molecule has 0 aliphatic heterocycles. The summed E-state index contributed by atoms with van der Waals surface area (Å²) < 4.78 is 5.64. The van der Waals surface area contributed by atoms with Gasteiger partial charge in [0.15, 0.2) is 0 Å². The molecule has 0 radical (unpaired) electrons. The van der Waals surface area contributed by atoms with Crippen LogP contribution in [0.25, 0.3) is 0 Å². The van der Waals surface area contributed by atoms with Gasteiger partial charge in [0.1, 0.15) is 5.75 Å². The van der Waals surface area contributed by atoms with Crippen LogP contribution >= 0.6 is 0 Å². The fourth-order valence-electron chi connectivity index (χ4n) is 1.32. The van der Waals surface area contributed by atoms with Crippen molar-refractivity contribution in [2.24, 2.45) is 0 Å². The lowest BCUT2D eigenvalue weighted by atomic mass is 9.96. The van der Waals surface area contributed by atoms with Gasteiger partial charge in [-0.25, -0.2) is 0 Å². The summed E-state index contributed by atoms with van der Waals surface area (Å²) in [6.07, 6.45) is 3.95. The Balaban J connectivity index is 2.07. The molecule has 1 saturated carbocycles. The molecule has 13 heavy (non-hydrogen) atoms. The van der Waals surface area contributed by atoms with Crippen molar-refractivity contribution in [3.05, 3.63) is 29.8 Å². The molecule has 0 bridgehead atoms. The van der Waals surface area contributed by atoms with Crippen LogP contribution in [0.15, 0.2) is 24.3 Å². The third kappa shape index (κ3) is 1.81. The quantitative estimate of drug-likeness (QED) is 0.688. The van der Waals surface area contributed by atoms with Crippen molar-refractivity contribution in [3.8, 4) is 11.8 Å². The third-order valence-electron chi connectivity index (χ3n) is 2.32.